The molecule has 1 aliphatic rings. The molecule has 0 spiro atoms. The van der Waals surface area contributed by atoms with Crippen LogP contribution in [0.25, 0.3) is 11.1 Å². The Bertz CT molecular complexity index is 730. The van der Waals surface area contributed by atoms with E-state index in [4.69, 9.17) is 0 Å². The first-order chi connectivity index (χ1) is 11.3. The third kappa shape index (κ3) is 3.37. The van der Waals surface area contributed by atoms with Crippen molar-refractivity contribution in [2.45, 2.75) is 39.0 Å². The zero-order chi connectivity index (χ0) is 16.1. The number of hydrogen-bond donors (Lipinski definition) is 1. The van der Waals surface area contributed by atoms with Gasteiger partial charge in [0.1, 0.15) is 0 Å². The van der Waals surface area contributed by atoms with E-state index in [0.29, 0.717) is 0 Å². The van der Waals surface area contributed by atoms with Crippen molar-refractivity contribution in [2.75, 3.05) is 5.32 Å². The Hall–Kier alpha value is -2.35. The predicted octanol–water partition coefficient (Wildman–Crippen LogP) is 5.44. The maximum Gasteiger partial charge on any atom is 0.211 e. The van der Waals surface area contributed by atoms with Crippen molar-refractivity contribution in [1.82, 2.24) is 0 Å². The Morgan fingerprint density at radius 2 is 1.43 bits per heavy atom. The summed E-state index contributed by atoms with van der Waals surface area (Å²) in [5, 5.41) is 2.87. The topological polar surface area (TPSA) is 29.1 Å². The monoisotopic (exact) mass is 305 g/mol. The zero-order valence-corrected chi connectivity index (χ0v) is 13.6. The Morgan fingerprint density at radius 1 is 0.826 bits per heavy atom. The maximum absolute atomic E-state index is 11.0. The summed E-state index contributed by atoms with van der Waals surface area (Å²) in [4.78, 5) is 11.0. The summed E-state index contributed by atoms with van der Waals surface area (Å²) in [6.07, 6.45) is 6.65. The number of benzene rings is 2. The number of rotatable bonds is 4. The number of aryl methyl sites for hydroxylation is 1. The second-order valence-electron chi connectivity index (χ2n) is 6.14. The van der Waals surface area contributed by atoms with Crippen molar-refractivity contribution < 1.29 is 4.79 Å². The average Bonchev–Trinajstić information content (AvgIpc) is 2.82. The molecule has 1 amide bonds. The van der Waals surface area contributed by atoms with Gasteiger partial charge >= 0.3 is 0 Å². The van der Waals surface area contributed by atoms with Gasteiger partial charge in [-0.2, -0.15) is 0 Å². The molecule has 0 aromatic heterocycles. The van der Waals surface area contributed by atoms with E-state index in [1.165, 1.54) is 47.1 Å². The fourth-order valence-corrected chi connectivity index (χ4v) is 3.52. The smallest absolute Gasteiger partial charge is 0.211 e. The van der Waals surface area contributed by atoms with Gasteiger partial charge in [-0.05, 0) is 60.9 Å². The van der Waals surface area contributed by atoms with Gasteiger partial charge in [0.15, 0.2) is 0 Å². The molecule has 0 saturated heterocycles. The van der Waals surface area contributed by atoms with Crippen LogP contribution in [0.1, 0.15) is 48.8 Å². The van der Waals surface area contributed by atoms with E-state index in [1.807, 2.05) is 12.1 Å². The Kier molecular flexibility index (Phi) is 4.92. The number of para-hydroxylation sites is 1. The van der Waals surface area contributed by atoms with Crippen LogP contribution in [0, 0.1) is 6.92 Å². The molecule has 0 fully saturated rings. The number of anilines is 1. The molecular formula is C21H23NO. The van der Waals surface area contributed by atoms with E-state index < -0.39 is 0 Å². The van der Waals surface area contributed by atoms with Gasteiger partial charge in [-0.3, -0.25) is 4.79 Å². The number of hydrogen-bond acceptors (Lipinski definition) is 1. The van der Waals surface area contributed by atoms with E-state index in [1.54, 1.807) is 0 Å². The molecule has 2 aromatic carbocycles. The minimum Gasteiger partial charge on any atom is -0.328 e. The van der Waals surface area contributed by atoms with Gasteiger partial charge in [-0.25, -0.2) is 0 Å². The molecule has 0 radical (unpaired) electrons. The van der Waals surface area contributed by atoms with Gasteiger partial charge in [-0.1, -0.05) is 48.9 Å². The average molecular weight is 305 g/mol. The number of carbonyl (C=O) groups is 1. The molecule has 0 unspecified atom stereocenters. The van der Waals surface area contributed by atoms with Crippen LogP contribution in [0.4, 0.5) is 5.69 Å². The Morgan fingerprint density at radius 3 is 2.13 bits per heavy atom. The first-order valence-corrected chi connectivity index (χ1v) is 8.39. The lowest BCUT2D eigenvalue weighted by Gasteiger charge is -2.18. The van der Waals surface area contributed by atoms with Crippen LogP contribution in [0.5, 0.6) is 0 Å². The lowest BCUT2D eigenvalue weighted by molar-refractivity contribution is -0.105. The summed E-state index contributed by atoms with van der Waals surface area (Å²) in [6.45, 7) is 2.18. The van der Waals surface area contributed by atoms with Crippen molar-refractivity contribution in [3.05, 3.63) is 65.2 Å². The van der Waals surface area contributed by atoms with Crippen molar-refractivity contribution in [1.29, 1.82) is 0 Å². The van der Waals surface area contributed by atoms with Crippen molar-refractivity contribution in [3.63, 3.8) is 0 Å². The number of amides is 1. The number of allylic oxidation sites excluding steroid dienone is 2. The third-order valence-corrected chi connectivity index (χ3v) is 4.65. The van der Waals surface area contributed by atoms with Crippen molar-refractivity contribution in [2.24, 2.45) is 0 Å². The van der Waals surface area contributed by atoms with E-state index in [-0.39, 0.29) is 0 Å². The highest BCUT2D eigenvalue weighted by Gasteiger charge is 2.18. The van der Waals surface area contributed by atoms with Crippen LogP contribution in [-0.2, 0) is 4.79 Å². The highest BCUT2D eigenvalue weighted by molar-refractivity contribution is 5.96. The van der Waals surface area contributed by atoms with Crippen LogP contribution < -0.4 is 5.32 Å². The summed E-state index contributed by atoms with van der Waals surface area (Å²) in [5.74, 6) is 0. The summed E-state index contributed by atoms with van der Waals surface area (Å²) >= 11 is 0. The molecule has 23 heavy (non-hydrogen) atoms. The highest BCUT2D eigenvalue weighted by atomic mass is 16.1. The molecule has 1 aliphatic carbocycles. The van der Waals surface area contributed by atoms with Crippen molar-refractivity contribution in [3.8, 4) is 0 Å². The lowest BCUT2D eigenvalue weighted by Crippen LogP contribution is -2.00. The third-order valence-electron chi connectivity index (χ3n) is 4.65. The molecule has 3 rings (SSSR count). The standard InChI is InChI=1S/C21H23NO/c1-16-9-5-6-10-17(16)18-11-3-2-4-12-19(18)20-13-7-8-14-21(20)22-15-23/h5-10,13-15H,2-4,11-12H2,1H3,(H,22,23). The van der Waals surface area contributed by atoms with Gasteiger partial charge < -0.3 is 5.32 Å². The molecule has 0 bridgehead atoms. The second-order valence-corrected chi connectivity index (χ2v) is 6.14. The molecule has 2 nitrogen and oxygen atoms in total. The first-order valence-electron chi connectivity index (χ1n) is 8.39. The maximum atomic E-state index is 11.0. The molecule has 0 heterocycles. The first kappa shape index (κ1) is 15.5. The molecule has 2 heteroatoms. The summed E-state index contributed by atoms with van der Waals surface area (Å²) in [7, 11) is 0. The molecule has 2 aromatic rings. The van der Waals surface area contributed by atoms with E-state index in [9.17, 15) is 4.79 Å². The molecular weight excluding hydrogens is 282 g/mol. The minimum absolute atomic E-state index is 0.767. The van der Waals surface area contributed by atoms with Crippen molar-refractivity contribution >= 4 is 23.2 Å². The number of nitrogens with one attached hydrogen (secondary N) is 1. The van der Waals surface area contributed by atoms with E-state index in [0.717, 1.165) is 24.9 Å². The predicted molar refractivity (Wildman–Crippen MR) is 97.2 cm³/mol. The van der Waals surface area contributed by atoms with Crippen LogP contribution in [0.3, 0.4) is 0 Å². The largest absolute Gasteiger partial charge is 0.328 e. The van der Waals surface area contributed by atoms with Gasteiger partial charge in [-0.15, -0.1) is 0 Å². The summed E-state index contributed by atoms with van der Waals surface area (Å²) in [6, 6.07) is 16.8. The lowest BCUT2D eigenvalue weighted by atomic mass is 9.88. The second kappa shape index (κ2) is 7.28. The summed E-state index contributed by atoms with van der Waals surface area (Å²) < 4.78 is 0. The highest BCUT2D eigenvalue weighted by Crippen LogP contribution is 2.40. The quantitative estimate of drug-likeness (QED) is 0.749. The molecule has 0 atom stereocenters. The summed E-state index contributed by atoms with van der Waals surface area (Å²) in [5.41, 5.74) is 7.58. The van der Waals surface area contributed by atoms with Gasteiger partial charge in [0, 0.05) is 11.3 Å². The fraction of sp³-hybridized carbons (Fsp3) is 0.286. The normalized spacial score (nSPS) is 15.2. The van der Waals surface area contributed by atoms with Crippen LogP contribution in [-0.4, -0.2) is 6.41 Å². The van der Waals surface area contributed by atoms with Crippen LogP contribution >= 0.6 is 0 Å². The molecule has 118 valence electrons. The van der Waals surface area contributed by atoms with Gasteiger partial charge in [0.25, 0.3) is 0 Å². The Balaban J connectivity index is 2.18. The molecule has 1 N–H and O–H groups in total. The molecule has 0 saturated carbocycles. The fourth-order valence-electron chi connectivity index (χ4n) is 3.52. The van der Waals surface area contributed by atoms with Gasteiger partial charge in [0.05, 0.1) is 0 Å². The minimum atomic E-state index is 0.767. The zero-order valence-electron chi connectivity index (χ0n) is 13.6. The number of carbonyl (C=O) groups excluding carboxylic acids is 1. The van der Waals surface area contributed by atoms with Gasteiger partial charge in [0.2, 0.25) is 6.41 Å². The van der Waals surface area contributed by atoms with Crippen LogP contribution in [0.2, 0.25) is 0 Å². The molecule has 0 aliphatic heterocycles. The SMILES string of the molecule is Cc1ccccc1C1=C(c2ccccc2NC=O)CCCCC1. The van der Waals surface area contributed by atoms with E-state index in [2.05, 4.69) is 48.6 Å². The Labute approximate surface area is 138 Å². The van der Waals surface area contributed by atoms with Crippen LogP contribution in [0.15, 0.2) is 48.5 Å². The van der Waals surface area contributed by atoms with E-state index >= 15 is 0 Å².